The molecular formula is C17H25NO3. The second-order valence-corrected chi connectivity index (χ2v) is 6.36. The van der Waals surface area contributed by atoms with Gasteiger partial charge in [-0.05, 0) is 12.0 Å². The topological polar surface area (TPSA) is 41.9 Å². The smallest absolute Gasteiger partial charge is 0.0716 e. The highest BCUT2D eigenvalue weighted by atomic mass is 16.5. The van der Waals surface area contributed by atoms with E-state index in [1.54, 1.807) is 0 Å². The summed E-state index contributed by atoms with van der Waals surface area (Å²) in [5.74, 6) is 0.507. The molecule has 0 saturated carbocycles. The number of likely N-dealkylation sites (tertiary alicyclic amines) is 1. The fourth-order valence-corrected chi connectivity index (χ4v) is 3.49. The fraction of sp³-hybridized carbons (Fsp3) is 0.647. The number of rotatable bonds is 7. The lowest BCUT2D eigenvalue weighted by Gasteiger charge is -2.24. The Morgan fingerprint density at radius 3 is 2.95 bits per heavy atom. The van der Waals surface area contributed by atoms with E-state index < -0.39 is 0 Å². The van der Waals surface area contributed by atoms with Gasteiger partial charge in [0.1, 0.15) is 0 Å². The largest absolute Gasteiger partial charge is 0.396 e. The normalized spacial score (nSPS) is 28.9. The molecule has 1 aromatic carbocycles. The minimum Gasteiger partial charge on any atom is -0.396 e. The zero-order valence-electron chi connectivity index (χ0n) is 12.5. The van der Waals surface area contributed by atoms with Crippen LogP contribution in [0.25, 0.3) is 0 Å². The van der Waals surface area contributed by atoms with Crippen molar-refractivity contribution >= 4 is 0 Å². The van der Waals surface area contributed by atoms with E-state index >= 15 is 0 Å². The zero-order valence-corrected chi connectivity index (χ0v) is 12.5. The second kappa shape index (κ2) is 6.88. The van der Waals surface area contributed by atoms with E-state index in [0.717, 1.165) is 45.9 Å². The van der Waals surface area contributed by atoms with E-state index in [0.29, 0.717) is 12.5 Å². The van der Waals surface area contributed by atoms with Crippen molar-refractivity contribution in [1.29, 1.82) is 0 Å². The van der Waals surface area contributed by atoms with Gasteiger partial charge in [-0.15, -0.1) is 0 Å². The lowest BCUT2D eigenvalue weighted by Crippen LogP contribution is -2.34. The summed E-state index contributed by atoms with van der Waals surface area (Å²) in [6, 6.07) is 10.3. The standard InChI is InChI=1S/C17H25NO3/c19-13-17-12-18(9-16(17)11-21-14-17)7-4-8-20-10-15-5-2-1-3-6-15/h1-3,5-6,16,19H,4,7-14H2/t16-,17-/m0/s1. The summed E-state index contributed by atoms with van der Waals surface area (Å²) in [4.78, 5) is 2.45. The minimum atomic E-state index is 0.00486. The second-order valence-electron chi connectivity index (χ2n) is 6.36. The van der Waals surface area contributed by atoms with Crippen LogP contribution in [0.3, 0.4) is 0 Å². The number of aliphatic hydroxyl groups excluding tert-OH is 1. The fourth-order valence-electron chi connectivity index (χ4n) is 3.49. The number of nitrogens with zero attached hydrogens (tertiary/aromatic N) is 1. The number of hydrogen-bond donors (Lipinski definition) is 1. The van der Waals surface area contributed by atoms with Gasteiger partial charge in [-0.2, -0.15) is 0 Å². The van der Waals surface area contributed by atoms with Gasteiger partial charge in [0.05, 0.1) is 26.4 Å². The molecule has 4 nitrogen and oxygen atoms in total. The number of fused-ring (bicyclic) bond motifs is 1. The van der Waals surface area contributed by atoms with E-state index in [4.69, 9.17) is 9.47 Å². The molecule has 0 spiro atoms. The van der Waals surface area contributed by atoms with Gasteiger partial charge in [-0.25, -0.2) is 0 Å². The van der Waals surface area contributed by atoms with Crippen molar-refractivity contribution in [2.45, 2.75) is 13.0 Å². The Hall–Kier alpha value is -0.940. The SMILES string of the molecule is OC[C@@]12COC[C@@H]1CN(CCCOCc1ccccc1)C2. The van der Waals surface area contributed by atoms with Crippen LogP contribution in [0, 0.1) is 11.3 Å². The van der Waals surface area contributed by atoms with Crippen molar-refractivity contribution in [1.82, 2.24) is 4.90 Å². The van der Waals surface area contributed by atoms with Crippen molar-refractivity contribution in [3.63, 3.8) is 0 Å². The van der Waals surface area contributed by atoms with Crippen molar-refractivity contribution in [3.05, 3.63) is 35.9 Å². The Labute approximate surface area is 126 Å². The molecule has 0 aromatic heterocycles. The van der Waals surface area contributed by atoms with Crippen LogP contribution in [-0.4, -0.2) is 56.1 Å². The summed E-state index contributed by atoms with van der Waals surface area (Å²) in [7, 11) is 0. The van der Waals surface area contributed by atoms with E-state index in [9.17, 15) is 5.11 Å². The van der Waals surface area contributed by atoms with Crippen molar-refractivity contribution in [2.75, 3.05) is 46.1 Å². The summed E-state index contributed by atoms with van der Waals surface area (Å²) in [6.07, 6.45) is 1.04. The summed E-state index contributed by atoms with van der Waals surface area (Å²) >= 11 is 0. The highest BCUT2D eigenvalue weighted by Crippen LogP contribution is 2.40. The molecule has 3 rings (SSSR count). The van der Waals surface area contributed by atoms with E-state index in [1.165, 1.54) is 5.56 Å². The van der Waals surface area contributed by atoms with Gasteiger partial charge in [0.2, 0.25) is 0 Å². The zero-order chi connectivity index (χ0) is 14.5. The number of hydrogen-bond acceptors (Lipinski definition) is 4. The average Bonchev–Trinajstić information content (AvgIpc) is 3.05. The predicted molar refractivity (Wildman–Crippen MR) is 81.0 cm³/mol. The van der Waals surface area contributed by atoms with Crippen molar-refractivity contribution < 1.29 is 14.6 Å². The summed E-state index contributed by atoms with van der Waals surface area (Å²) in [5, 5.41) is 9.65. The molecule has 21 heavy (non-hydrogen) atoms. The van der Waals surface area contributed by atoms with E-state index in [2.05, 4.69) is 17.0 Å². The molecule has 4 heteroatoms. The molecule has 1 N–H and O–H groups in total. The first-order chi connectivity index (χ1) is 10.3. The molecule has 116 valence electrons. The number of ether oxygens (including phenoxy) is 2. The summed E-state index contributed by atoms with van der Waals surface area (Å²) < 4.78 is 11.3. The molecule has 0 radical (unpaired) electrons. The Balaban J connectivity index is 1.34. The van der Waals surface area contributed by atoms with E-state index in [-0.39, 0.29) is 12.0 Å². The first-order valence-electron chi connectivity index (χ1n) is 7.85. The molecule has 0 aliphatic carbocycles. The van der Waals surface area contributed by atoms with Crippen LogP contribution in [0.5, 0.6) is 0 Å². The molecule has 2 atom stereocenters. The molecule has 2 saturated heterocycles. The Morgan fingerprint density at radius 1 is 1.33 bits per heavy atom. The lowest BCUT2D eigenvalue weighted by atomic mass is 9.82. The van der Waals surface area contributed by atoms with Gasteiger partial charge in [0.15, 0.2) is 0 Å². The number of benzene rings is 1. The molecule has 0 unspecified atom stereocenters. The average molecular weight is 291 g/mol. The molecule has 0 amide bonds. The molecule has 2 aliphatic rings. The maximum absolute atomic E-state index is 9.65. The number of aliphatic hydroxyl groups is 1. The molecule has 2 fully saturated rings. The highest BCUT2D eigenvalue weighted by molar-refractivity contribution is 5.13. The highest BCUT2D eigenvalue weighted by Gasteiger charge is 2.49. The third-order valence-electron chi connectivity index (χ3n) is 4.78. The van der Waals surface area contributed by atoms with Crippen LogP contribution in [0.2, 0.25) is 0 Å². The minimum absolute atomic E-state index is 0.00486. The van der Waals surface area contributed by atoms with Gasteiger partial charge >= 0.3 is 0 Å². The van der Waals surface area contributed by atoms with Crippen LogP contribution in [0.1, 0.15) is 12.0 Å². The third-order valence-corrected chi connectivity index (χ3v) is 4.78. The Kier molecular flexibility index (Phi) is 4.91. The van der Waals surface area contributed by atoms with Crippen LogP contribution < -0.4 is 0 Å². The Bertz CT molecular complexity index is 439. The van der Waals surface area contributed by atoms with Gasteiger partial charge < -0.3 is 19.5 Å². The van der Waals surface area contributed by atoms with E-state index in [1.807, 2.05) is 18.2 Å². The van der Waals surface area contributed by atoms with Crippen molar-refractivity contribution in [2.24, 2.45) is 11.3 Å². The maximum Gasteiger partial charge on any atom is 0.0716 e. The lowest BCUT2D eigenvalue weighted by molar-refractivity contribution is 0.0759. The molecule has 2 heterocycles. The third kappa shape index (κ3) is 3.46. The van der Waals surface area contributed by atoms with Gasteiger partial charge in [-0.3, -0.25) is 0 Å². The van der Waals surface area contributed by atoms with Crippen molar-refractivity contribution in [3.8, 4) is 0 Å². The van der Waals surface area contributed by atoms with Gasteiger partial charge in [-0.1, -0.05) is 30.3 Å². The molecule has 1 aromatic rings. The monoisotopic (exact) mass is 291 g/mol. The predicted octanol–water partition coefficient (Wildman–Crippen LogP) is 1.53. The summed E-state index contributed by atoms with van der Waals surface area (Å²) in [5.41, 5.74) is 1.23. The van der Waals surface area contributed by atoms with Crippen LogP contribution >= 0.6 is 0 Å². The quantitative estimate of drug-likeness (QED) is 0.774. The molecule has 0 bridgehead atoms. The van der Waals surface area contributed by atoms with Crippen LogP contribution in [0.4, 0.5) is 0 Å². The van der Waals surface area contributed by atoms with Crippen LogP contribution in [0.15, 0.2) is 30.3 Å². The first-order valence-corrected chi connectivity index (χ1v) is 7.85. The van der Waals surface area contributed by atoms with Gasteiger partial charge in [0.25, 0.3) is 0 Å². The van der Waals surface area contributed by atoms with Crippen LogP contribution in [-0.2, 0) is 16.1 Å². The summed E-state index contributed by atoms with van der Waals surface area (Å²) in [6.45, 7) is 6.32. The first kappa shape index (κ1) is 15.0. The molecular weight excluding hydrogens is 266 g/mol. The molecule has 2 aliphatic heterocycles. The maximum atomic E-state index is 9.65. The van der Waals surface area contributed by atoms with Gasteiger partial charge in [0, 0.05) is 37.6 Å². The Morgan fingerprint density at radius 2 is 2.19 bits per heavy atom.